The van der Waals surface area contributed by atoms with E-state index in [1.54, 1.807) is 94.2 Å². The molecular formula is C60H92N10O11. The van der Waals surface area contributed by atoms with E-state index in [9.17, 15) is 33.9 Å². The Labute approximate surface area is 480 Å². The molecule has 4 aromatic rings. The molecule has 0 bridgehead atoms. The van der Waals surface area contributed by atoms with Gasteiger partial charge in [0.2, 0.25) is 5.91 Å². The van der Waals surface area contributed by atoms with Gasteiger partial charge in [0.15, 0.2) is 6.04 Å². The van der Waals surface area contributed by atoms with E-state index in [2.05, 4.69) is 74.8 Å². The van der Waals surface area contributed by atoms with Crippen molar-refractivity contribution in [2.45, 2.75) is 183 Å². The molecule has 21 nitrogen and oxygen atoms in total. The molecule has 2 N–H and O–H groups in total. The molecule has 0 aliphatic carbocycles. The molecule has 1 unspecified atom stereocenters. The minimum atomic E-state index is -1.19. The van der Waals surface area contributed by atoms with E-state index >= 15 is 0 Å². The highest BCUT2D eigenvalue weighted by molar-refractivity contribution is 5.87. The fraction of sp³-hybridized carbons (Fsp3) is 0.600. The van der Waals surface area contributed by atoms with Gasteiger partial charge in [-0.15, -0.1) is 0 Å². The third-order valence-electron chi connectivity index (χ3n) is 12.4. The van der Waals surface area contributed by atoms with Crippen molar-refractivity contribution in [3.63, 3.8) is 0 Å². The van der Waals surface area contributed by atoms with E-state index in [0.717, 1.165) is 55.2 Å². The predicted octanol–water partition coefficient (Wildman–Crippen LogP) is 9.27. The summed E-state index contributed by atoms with van der Waals surface area (Å²) in [5, 5.41) is 12.8. The van der Waals surface area contributed by atoms with E-state index in [0.29, 0.717) is 26.1 Å². The monoisotopic (exact) mass is 1130 g/mol. The summed E-state index contributed by atoms with van der Waals surface area (Å²) in [6, 6.07) is 18.2. The topological polar surface area (TPSA) is 223 Å². The Morgan fingerprint density at radius 3 is 1.41 bits per heavy atom. The summed E-state index contributed by atoms with van der Waals surface area (Å²) in [7, 11) is 0. The molecule has 2 aliphatic rings. The van der Waals surface area contributed by atoms with Crippen molar-refractivity contribution in [2.75, 3.05) is 52.4 Å². The first-order valence-electron chi connectivity index (χ1n) is 28.2. The zero-order valence-electron chi connectivity index (χ0n) is 50.6. The standard InChI is InChI=1S/C30H45N5O5.C15H21N3.C15H26N2O6/c1-8-25-31-15-18-32(25)16-12-17-33(21-23-13-10-9-11-14-23)26(36)24-22-34(27(37)39-29(2,3)4)19-20-35(24)28(38)40-30(5,6)7;1-2-15-17-10-12-18(15)11-6-9-16-13-14-7-4-3-5-8-14;1-14(2,3)22-12(20)16-7-8-17(10(9-16)11(18)19)13(21)23-15(4,5)6/h9-11,13-15,18,24H,8,12,16-17,19-22H2,1-7H3;3-5,7-8,10,12,16H,2,6,9,11,13H2,1H3;10H,7-9H2,1-6H3,(H,18,19)/t24-;;/m1../s1. The Morgan fingerprint density at radius 2 is 0.975 bits per heavy atom. The van der Waals surface area contributed by atoms with E-state index in [1.165, 1.54) is 26.1 Å². The number of piperazine rings is 2. The van der Waals surface area contributed by atoms with Crippen molar-refractivity contribution >= 4 is 36.2 Å². The predicted molar refractivity (Wildman–Crippen MR) is 309 cm³/mol. The number of carbonyl (C=O) groups excluding carboxylic acids is 5. The molecule has 0 spiro atoms. The Morgan fingerprint density at radius 1 is 0.568 bits per heavy atom. The molecule has 2 atom stereocenters. The van der Waals surface area contributed by atoms with Crippen molar-refractivity contribution in [1.29, 1.82) is 0 Å². The number of carbonyl (C=O) groups is 6. The molecule has 5 amide bonds. The quantitative estimate of drug-likeness (QED) is 0.0788. The molecule has 4 heterocycles. The zero-order valence-corrected chi connectivity index (χ0v) is 50.6. The molecule has 2 aromatic carbocycles. The normalized spacial score (nSPS) is 15.8. The number of hydrogen-bond donors (Lipinski definition) is 2. The summed E-state index contributed by atoms with van der Waals surface area (Å²) in [6.45, 7) is 30.5. The lowest BCUT2D eigenvalue weighted by molar-refractivity contribution is -0.145. The van der Waals surface area contributed by atoms with Gasteiger partial charge in [0.05, 0.1) is 13.1 Å². The molecule has 2 aliphatic heterocycles. The van der Waals surface area contributed by atoms with Gasteiger partial charge in [0, 0.05) is 96.5 Å². The van der Waals surface area contributed by atoms with Gasteiger partial charge >= 0.3 is 30.3 Å². The van der Waals surface area contributed by atoms with E-state index < -0.39 is 64.8 Å². The molecule has 81 heavy (non-hydrogen) atoms. The number of ether oxygens (including phenoxy) is 4. The second-order valence-corrected chi connectivity index (χ2v) is 24.0. The van der Waals surface area contributed by atoms with Crippen molar-refractivity contribution in [3.8, 4) is 0 Å². The van der Waals surface area contributed by atoms with Crippen LogP contribution in [0.25, 0.3) is 0 Å². The number of aryl methyl sites for hydroxylation is 4. The highest BCUT2D eigenvalue weighted by Gasteiger charge is 2.43. The SMILES string of the molecule is CC(C)(C)OC(=O)N1CCN(C(=O)OC(C)(C)C)C(C(=O)O)C1.CCc1nccn1CCCN(Cc1ccccc1)C(=O)[C@H]1CN(C(=O)OC(C)(C)C)CCN1C(=O)OC(C)(C)C.CCc1nccn1CCCNCc1ccccc1. The molecule has 6 rings (SSSR count). The smallest absolute Gasteiger partial charge is 0.411 e. The highest BCUT2D eigenvalue weighted by Crippen LogP contribution is 2.23. The Bertz CT molecular complexity index is 2600. The lowest BCUT2D eigenvalue weighted by Gasteiger charge is -2.42. The van der Waals surface area contributed by atoms with Crippen LogP contribution in [0.15, 0.2) is 85.5 Å². The first-order valence-corrected chi connectivity index (χ1v) is 28.2. The fourth-order valence-electron chi connectivity index (χ4n) is 8.68. The van der Waals surface area contributed by atoms with E-state index in [4.69, 9.17) is 18.9 Å². The molecule has 2 saturated heterocycles. The number of rotatable bonds is 16. The lowest BCUT2D eigenvalue weighted by atomic mass is 10.1. The largest absolute Gasteiger partial charge is 0.480 e. The van der Waals surface area contributed by atoms with Crippen molar-refractivity contribution < 1.29 is 52.8 Å². The number of carboxylic acid groups (broad SMARTS) is 1. The number of aliphatic carboxylic acids is 1. The maximum atomic E-state index is 14.2. The number of amides is 5. The van der Waals surface area contributed by atoms with Crippen LogP contribution in [0.4, 0.5) is 19.2 Å². The highest BCUT2D eigenvalue weighted by atomic mass is 16.6. The van der Waals surface area contributed by atoms with E-state index in [1.807, 2.05) is 42.7 Å². The van der Waals surface area contributed by atoms with Gasteiger partial charge in [-0.2, -0.15) is 0 Å². The second kappa shape index (κ2) is 30.6. The summed E-state index contributed by atoms with van der Waals surface area (Å²) in [4.78, 5) is 92.0. The molecule has 0 saturated carbocycles. The molecular weight excluding hydrogens is 1040 g/mol. The van der Waals surface area contributed by atoms with Crippen molar-refractivity contribution in [2.24, 2.45) is 0 Å². The van der Waals surface area contributed by atoms with Crippen LogP contribution in [0, 0.1) is 0 Å². The molecule has 2 aromatic heterocycles. The Hall–Kier alpha value is -7.16. The summed E-state index contributed by atoms with van der Waals surface area (Å²) >= 11 is 0. The number of nitrogens with zero attached hydrogens (tertiary/aromatic N) is 9. The third-order valence-corrected chi connectivity index (χ3v) is 12.4. The molecule has 21 heteroatoms. The van der Waals surface area contributed by atoms with Crippen molar-refractivity contribution in [3.05, 3.63) is 108 Å². The van der Waals surface area contributed by atoms with Crippen LogP contribution in [-0.4, -0.2) is 172 Å². The van der Waals surface area contributed by atoms with Gasteiger partial charge < -0.3 is 53.2 Å². The summed E-state index contributed by atoms with van der Waals surface area (Å²) in [5.74, 6) is 0.754. The van der Waals surface area contributed by atoms with Crippen LogP contribution in [-0.2, 0) is 67.6 Å². The Balaban J connectivity index is 0.000000289. The number of benzene rings is 2. The second-order valence-electron chi connectivity index (χ2n) is 24.0. The van der Waals surface area contributed by atoms with Crippen LogP contribution in [0.3, 0.4) is 0 Å². The van der Waals surface area contributed by atoms with Crippen LogP contribution in [0.5, 0.6) is 0 Å². The maximum absolute atomic E-state index is 14.2. The first kappa shape index (κ1) is 66.4. The minimum absolute atomic E-state index is 0.0276. The van der Waals surface area contributed by atoms with Crippen molar-refractivity contribution in [1.82, 2.24) is 48.9 Å². The average molecular weight is 1130 g/mol. The van der Waals surface area contributed by atoms with Gasteiger partial charge in [-0.05, 0) is 114 Å². The van der Waals surface area contributed by atoms with Gasteiger partial charge in [-0.25, -0.2) is 33.9 Å². The number of aromatic nitrogens is 4. The van der Waals surface area contributed by atoms with Crippen LogP contribution >= 0.6 is 0 Å². The van der Waals surface area contributed by atoms with Gasteiger partial charge in [0.25, 0.3) is 0 Å². The molecule has 448 valence electrons. The Kier molecular flexibility index (Phi) is 25.1. The zero-order chi connectivity index (χ0) is 60.1. The van der Waals surface area contributed by atoms with Gasteiger partial charge in [0.1, 0.15) is 40.1 Å². The summed E-state index contributed by atoms with van der Waals surface area (Å²) < 4.78 is 26.0. The number of carboxylic acids is 1. The number of nitrogens with one attached hydrogen (secondary N) is 1. The summed E-state index contributed by atoms with van der Waals surface area (Å²) in [5.41, 5.74) is -0.465. The number of imidazole rings is 2. The van der Waals surface area contributed by atoms with Crippen LogP contribution in [0.1, 0.15) is 133 Å². The average Bonchev–Trinajstić information content (AvgIpc) is 4.10. The van der Waals surface area contributed by atoms with Crippen LogP contribution in [0.2, 0.25) is 0 Å². The van der Waals surface area contributed by atoms with E-state index in [-0.39, 0.29) is 45.2 Å². The van der Waals surface area contributed by atoms with Gasteiger partial charge in [-0.3, -0.25) is 14.6 Å². The molecule has 0 radical (unpaired) electrons. The summed E-state index contributed by atoms with van der Waals surface area (Å²) in [6.07, 6.45) is 9.00. The third kappa shape index (κ3) is 23.5. The van der Waals surface area contributed by atoms with Gasteiger partial charge in [-0.1, -0.05) is 74.5 Å². The maximum Gasteiger partial charge on any atom is 0.411 e. The fourth-order valence-corrected chi connectivity index (χ4v) is 8.68. The number of hydrogen-bond acceptors (Lipinski definition) is 13. The lowest BCUT2D eigenvalue weighted by Crippen LogP contribution is -2.62. The molecule has 2 fully saturated rings. The first-order chi connectivity index (χ1) is 38.0. The minimum Gasteiger partial charge on any atom is -0.480 e. The van der Waals surface area contributed by atoms with Crippen LogP contribution < -0.4 is 5.32 Å².